The lowest BCUT2D eigenvalue weighted by Crippen LogP contribution is -2.45. The molecule has 1 fully saturated rings. The van der Waals surface area contributed by atoms with Crippen LogP contribution in [0.5, 0.6) is 0 Å². The van der Waals surface area contributed by atoms with Crippen LogP contribution in [0.3, 0.4) is 0 Å². The standard InChI is InChI=1S/C20H22ClF3N2O3S2/c1-13(10-14-6-9-30-12-14)25-19(27)15-4-7-26(8-5-15)31(28,29)16-2-3-18(21)17(11-16)20(22,23)24/h2-3,6,9,11-13,15H,4-5,7-8,10H2,1H3,(H,25,27). The van der Waals surface area contributed by atoms with Crippen molar-refractivity contribution in [3.8, 4) is 0 Å². The minimum Gasteiger partial charge on any atom is -0.353 e. The van der Waals surface area contributed by atoms with Crippen LogP contribution in [-0.2, 0) is 27.4 Å². The zero-order valence-electron chi connectivity index (χ0n) is 16.7. The Morgan fingerprint density at radius 2 is 1.97 bits per heavy atom. The summed E-state index contributed by atoms with van der Waals surface area (Å²) in [5.41, 5.74) is -0.0518. The van der Waals surface area contributed by atoms with Gasteiger partial charge in [0.2, 0.25) is 15.9 Å². The summed E-state index contributed by atoms with van der Waals surface area (Å²) in [6.45, 7) is 2.03. The van der Waals surface area contributed by atoms with Gasteiger partial charge in [0.25, 0.3) is 0 Å². The monoisotopic (exact) mass is 494 g/mol. The molecule has 31 heavy (non-hydrogen) atoms. The number of benzene rings is 1. The van der Waals surface area contributed by atoms with Crippen molar-refractivity contribution in [3.05, 3.63) is 51.2 Å². The van der Waals surface area contributed by atoms with Gasteiger partial charge in [0.05, 0.1) is 15.5 Å². The highest BCUT2D eigenvalue weighted by atomic mass is 35.5. The molecule has 2 heterocycles. The van der Waals surface area contributed by atoms with Crippen molar-refractivity contribution in [2.45, 2.75) is 43.3 Å². The van der Waals surface area contributed by atoms with Crippen LogP contribution in [0.15, 0.2) is 39.9 Å². The molecule has 0 aliphatic carbocycles. The normalized spacial score (nSPS) is 17.5. The van der Waals surface area contributed by atoms with Crippen molar-refractivity contribution >= 4 is 38.9 Å². The summed E-state index contributed by atoms with van der Waals surface area (Å²) >= 11 is 7.17. The molecule has 0 spiro atoms. The third-order valence-electron chi connectivity index (χ3n) is 5.22. The number of carbonyl (C=O) groups is 1. The van der Waals surface area contributed by atoms with E-state index in [1.807, 2.05) is 23.8 Å². The summed E-state index contributed by atoms with van der Waals surface area (Å²) in [7, 11) is -4.12. The third-order valence-corrected chi connectivity index (χ3v) is 8.17. The highest BCUT2D eigenvalue weighted by molar-refractivity contribution is 7.89. The Hall–Kier alpha value is -1.62. The molecule has 1 aromatic carbocycles. The van der Waals surface area contributed by atoms with Crippen LogP contribution in [0.4, 0.5) is 13.2 Å². The fourth-order valence-corrected chi connectivity index (χ4v) is 5.97. The van der Waals surface area contributed by atoms with Crippen molar-refractivity contribution in [1.29, 1.82) is 0 Å². The zero-order valence-corrected chi connectivity index (χ0v) is 19.0. The Morgan fingerprint density at radius 1 is 1.29 bits per heavy atom. The predicted molar refractivity (Wildman–Crippen MR) is 114 cm³/mol. The van der Waals surface area contributed by atoms with Gasteiger partial charge in [-0.1, -0.05) is 11.6 Å². The van der Waals surface area contributed by atoms with Crippen molar-refractivity contribution in [3.63, 3.8) is 0 Å². The van der Waals surface area contributed by atoms with Gasteiger partial charge in [-0.15, -0.1) is 0 Å². The van der Waals surface area contributed by atoms with Gasteiger partial charge >= 0.3 is 6.18 Å². The minimum absolute atomic E-state index is 0.0567. The second-order valence-corrected chi connectivity index (χ2v) is 10.7. The first kappa shape index (κ1) is 24.0. The van der Waals surface area contributed by atoms with E-state index in [9.17, 15) is 26.4 Å². The molecule has 1 aliphatic rings. The summed E-state index contributed by atoms with van der Waals surface area (Å²) in [5, 5.41) is 6.40. The molecular formula is C20H22ClF3N2O3S2. The topological polar surface area (TPSA) is 66.5 Å². The summed E-state index contributed by atoms with van der Waals surface area (Å²) in [6.07, 6.45) is -3.44. The van der Waals surface area contributed by atoms with Gasteiger partial charge in [0.15, 0.2) is 0 Å². The lowest BCUT2D eigenvalue weighted by molar-refractivity contribution is -0.137. The fourth-order valence-electron chi connectivity index (χ4n) is 3.56. The van der Waals surface area contributed by atoms with E-state index in [4.69, 9.17) is 11.6 Å². The number of alkyl halides is 3. The number of rotatable bonds is 6. The molecule has 1 aliphatic heterocycles. The molecule has 2 aromatic rings. The van der Waals surface area contributed by atoms with E-state index in [2.05, 4.69) is 5.32 Å². The lowest BCUT2D eigenvalue weighted by Gasteiger charge is -2.31. The maximum absolute atomic E-state index is 13.1. The number of piperidine rings is 1. The molecule has 1 aromatic heterocycles. The average Bonchev–Trinajstić information content (AvgIpc) is 3.20. The molecule has 170 valence electrons. The molecule has 1 N–H and O–H groups in total. The van der Waals surface area contributed by atoms with Gasteiger partial charge < -0.3 is 5.32 Å². The molecule has 11 heteroatoms. The Kier molecular flexibility index (Phi) is 7.35. The number of nitrogens with one attached hydrogen (secondary N) is 1. The molecule has 1 unspecified atom stereocenters. The van der Waals surface area contributed by atoms with Crippen LogP contribution in [0.25, 0.3) is 0 Å². The van der Waals surface area contributed by atoms with Crippen molar-refractivity contribution < 1.29 is 26.4 Å². The van der Waals surface area contributed by atoms with Crippen LogP contribution in [0.1, 0.15) is 30.9 Å². The lowest BCUT2D eigenvalue weighted by atomic mass is 9.96. The molecular weight excluding hydrogens is 473 g/mol. The molecule has 0 radical (unpaired) electrons. The van der Waals surface area contributed by atoms with E-state index in [1.54, 1.807) is 11.3 Å². The van der Waals surface area contributed by atoms with Crippen LogP contribution in [-0.4, -0.2) is 37.8 Å². The smallest absolute Gasteiger partial charge is 0.353 e. The summed E-state index contributed by atoms with van der Waals surface area (Å²) < 4.78 is 66.0. The zero-order chi connectivity index (χ0) is 22.8. The van der Waals surface area contributed by atoms with Gasteiger partial charge in [0, 0.05) is 25.0 Å². The molecule has 3 rings (SSSR count). The van der Waals surface area contributed by atoms with E-state index in [1.165, 1.54) is 0 Å². The van der Waals surface area contributed by atoms with Crippen molar-refractivity contribution in [1.82, 2.24) is 9.62 Å². The second kappa shape index (κ2) is 9.48. The Morgan fingerprint density at radius 3 is 2.55 bits per heavy atom. The number of amides is 1. The van der Waals surface area contributed by atoms with Crippen LogP contribution >= 0.6 is 22.9 Å². The SMILES string of the molecule is CC(Cc1ccsc1)NC(=O)C1CCN(S(=O)(=O)c2ccc(Cl)c(C(F)(F)F)c2)CC1. The van der Waals surface area contributed by atoms with Gasteiger partial charge in [-0.25, -0.2) is 8.42 Å². The highest BCUT2D eigenvalue weighted by Gasteiger charge is 2.37. The summed E-state index contributed by atoms with van der Waals surface area (Å²) in [5.74, 6) is -0.474. The third kappa shape index (κ3) is 5.79. The van der Waals surface area contributed by atoms with Crippen LogP contribution < -0.4 is 5.32 Å². The minimum atomic E-state index is -4.76. The quantitative estimate of drug-likeness (QED) is 0.639. The van der Waals surface area contributed by atoms with Gasteiger partial charge in [-0.05, 0) is 66.8 Å². The Balaban J connectivity index is 1.61. The molecule has 1 atom stereocenters. The number of nitrogens with zero attached hydrogens (tertiary/aromatic N) is 1. The van der Waals surface area contributed by atoms with Gasteiger partial charge in [0.1, 0.15) is 0 Å². The van der Waals surface area contributed by atoms with Crippen molar-refractivity contribution in [2.75, 3.05) is 13.1 Å². The van der Waals surface area contributed by atoms with E-state index in [0.29, 0.717) is 25.3 Å². The summed E-state index contributed by atoms with van der Waals surface area (Å²) in [4.78, 5) is 12.1. The first-order chi connectivity index (χ1) is 14.5. The number of carbonyl (C=O) groups excluding carboxylic acids is 1. The van der Waals surface area contributed by atoms with Crippen LogP contribution in [0.2, 0.25) is 5.02 Å². The second-order valence-electron chi connectivity index (χ2n) is 7.56. The number of halogens is 4. The predicted octanol–water partition coefficient (Wildman–Crippen LogP) is 4.57. The molecule has 5 nitrogen and oxygen atoms in total. The molecule has 0 saturated carbocycles. The van der Waals surface area contributed by atoms with E-state index in [0.717, 1.165) is 22.0 Å². The molecule has 0 bridgehead atoms. The van der Waals surface area contributed by atoms with E-state index < -0.39 is 31.7 Å². The number of sulfonamides is 1. The van der Waals surface area contributed by atoms with E-state index in [-0.39, 0.29) is 31.0 Å². The largest absolute Gasteiger partial charge is 0.417 e. The average molecular weight is 495 g/mol. The fraction of sp³-hybridized carbons (Fsp3) is 0.450. The molecule has 1 saturated heterocycles. The Labute approximate surface area is 188 Å². The maximum Gasteiger partial charge on any atom is 0.417 e. The first-order valence-electron chi connectivity index (χ1n) is 9.67. The maximum atomic E-state index is 13.1. The number of thiophene rings is 1. The Bertz CT molecular complexity index is 1020. The summed E-state index contributed by atoms with van der Waals surface area (Å²) in [6, 6.07) is 4.50. The van der Waals surface area contributed by atoms with Gasteiger partial charge in [-0.2, -0.15) is 28.8 Å². The van der Waals surface area contributed by atoms with Gasteiger partial charge in [-0.3, -0.25) is 4.79 Å². The highest BCUT2D eigenvalue weighted by Crippen LogP contribution is 2.36. The van der Waals surface area contributed by atoms with Crippen molar-refractivity contribution in [2.24, 2.45) is 5.92 Å². The number of hydrogen-bond acceptors (Lipinski definition) is 4. The number of hydrogen-bond donors (Lipinski definition) is 1. The molecule has 1 amide bonds. The first-order valence-corrected chi connectivity index (χ1v) is 12.4. The van der Waals surface area contributed by atoms with Crippen LogP contribution in [0, 0.1) is 5.92 Å². The van der Waals surface area contributed by atoms with E-state index >= 15 is 0 Å².